The third-order valence-electron chi connectivity index (χ3n) is 4.88. The minimum atomic E-state index is -0.601. The molecular weight excluding hydrogens is 260 g/mol. The molecule has 1 rings (SSSR count). The Morgan fingerprint density at radius 2 is 1.86 bits per heavy atom. The van der Waals surface area contributed by atoms with Crippen molar-refractivity contribution < 1.29 is 5.11 Å². The van der Waals surface area contributed by atoms with E-state index in [0.717, 1.165) is 38.6 Å². The molecule has 1 saturated carbocycles. The molecule has 0 atom stereocenters. The maximum Gasteiger partial charge on any atom is 0.0718 e. The van der Waals surface area contributed by atoms with Gasteiger partial charge in [-0.15, -0.1) is 0 Å². The molecule has 0 aromatic rings. The maximum atomic E-state index is 10.1. The van der Waals surface area contributed by atoms with E-state index in [1.54, 1.807) is 0 Å². The summed E-state index contributed by atoms with van der Waals surface area (Å²) in [4.78, 5) is 2.45. The van der Waals surface area contributed by atoms with Crippen molar-refractivity contribution in [1.29, 1.82) is 0 Å². The molecular formula is C18H38N2O. The van der Waals surface area contributed by atoms with Crippen LogP contribution < -0.4 is 5.32 Å². The smallest absolute Gasteiger partial charge is 0.0718 e. The van der Waals surface area contributed by atoms with E-state index in [1.165, 1.54) is 32.1 Å². The molecule has 3 nitrogen and oxygen atoms in total. The second-order valence-electron chi connectivity index (χ2n) is 7.98. The molecule has 0 aliphatic heterocycles. The second-order valence-corrected chi connectivity index (χ2v) is 7.98. The van der Waals surface area contributed by atoms with Crippen molar-refractivity contribution in [2.75, 3.05) is 32.7 Å². The molecule has 1 fully saturated rings. The molecule has 0 amide bonds. The summed E-state index contributed by atoms with van der Waals surface area (Å²) in [7, 11) is 0. The summed E-state index contributed by atoms with van der Waals surface area (Å²) in [5.74, 6) is 0.883. The Hall–Kier alpha value is -0.120. The highest BCUT2D eigenvalue weighted by Crippen LogP contribution is 2.39. The summed E-state index contributed by atoms with van der Waals surface area (Å²) in [6, 6.07) is 0. The third kappa shape index (κ3) is 7.12. The molecule has 126 valence electrons. The Morgan fingerprint density at radius 3 is 2.33 bits per heavy atom. The van der Waals surface area contributed by atoms with Gasteiger partial charge in [-0.1, -0.05) is 33.6 Å². The van der Waals surface area contributed by atoms with Crippen LogP contribution in [-0.2, 0) is 0 Å². The van der Waals surface area contributed by atoms with E-state index in [-0.39, 0.29) is 0 Å². The van der Waals surface area contributed by atoms with E-state index in [9.17, 15) is 5.11 Å². The van der Waals surface area contributed by atoms with Crippen molar-refractivity contribution in [1.82, 2.24) is 10.2 Å². The molecule has 0 spiro atoms. The molecule has 2 N–H and O–H groups in total. The number of rotatable bonds is 9. The molecule has 0 unspecified atom stereocenters. The molecule has 21 heavy (non-hydrogen) atoms. The van der Waals surface area contributed by atoms with Crippen molar-refractivity contribution in [3.8, 4) is 0 Å². The summed E-state index contributed by atoms with van der Waals surface area (Å²) in [5, 5.41) is 13.8. The van der Waals surface area contributed by atoms with Crippen LogP contribution in [0.3, 0.4) is 0 Å². The summed E-state index contributed by atoms with van der Waals surface area (Å²) in [5.41, 5.74) is -0.195. The molecule has 0 aromatic heterocycles. The first-order valence-electron chi connectivity index (χ1n) is 8.96. The maximum absolute atomic E-state index is 10.1. The molecule has 3 heteroatoms. The van der Waals surface area contributed by atoms with Crippen LogP contribution in [-0.4, -0.2) is 48.3 Å². The van der Waals surface area contributed by atoms with Crippen LogP contribution in [0.25, 0.3) is 0 Å². The average molecular weight is 299 g/mol. The summed E-state index contributed by atoms with van der Waals surface area (Å²) in [6.45, 7) is 15.8. The SMILES string of the molecule is CCCNCC1(CN(CC)CC(C)(C)O)CCC(C)CC1. The van der Waals surface area contributed by atoms with Crippen LogP contribution >= 0.6 is 0 Å². The van der Waals surface area contributed by atoms with E-state index >= 15 is 0 Å². The van der Waals surface area contributed by atoms with Gasteiger partial charge in [-0.25, -0.2) is 0 Å². The van der Waals surface area contributed by atoms with E-state index in [0.29, 0.717) is 5.41 Å². The fourth-order valence-corrected chi connectivity index (χ4v) is 3.60. The number of hydrogen-bond donors (Lipinski definition) is 2. The standard InChI is InChI=1S/C18H38N2O/c1-6-12-19-13-18(10-8-16(3)9-11-18)15-20(7-2)14-17(4,5)21/h16,19,21H,6-15H2,1-5H3. The fraction of sp³-hybridized carbons (Fsp3) is 1.00. The van der Waals surface area contributed by atoms with Gasteiger partial charge in [-0.05, 0) is 57.5 Å². The topological polar surface area (TPSA) is 35.5 Å². The van der Waals surface area contributed by atoms with Crippen molar-refractivity contribution in [3.05, 3.63) is 0 Å². The normalized spacial score (nSPS) is 27.3. The van der Waals surface area contributed by atoms with Crippen LogP contribution in [0.1, 0.15) is 66.7 Å². The predicted octanol–water partition coefficient (Wildman–Crippen LogP) is 3.28. The highest BCUT2D eigenvalue weighted by atomic mass is 16.3. The second kappa shape index (κ2) is 8.50. The monoisotopic (exact) mass is 298 g/mol. The van der Waals surface area contributed by atoms with Crippen molar-refractivity contribution >= 4 is 0 Å². The van der Waals surface area contributed by atoms with Gasteiger partial charge in [-0.3, -0.25) is 0 Å². The zero-order chi connectivity index (χ0) is 15.9. The number of likely N-dealkylation sites (N-methyl/N-ethyl adjacent to an activating group) is 1. The van der Waals surface area contributed by atoms with Gasteiger partial charge in [0, 0.05) is 19.6 Å². The Kier molecular flexibility index (Phi) is 7.66. The van der Waals surface area contributed by atoms with Crippen molar-refractivity contribution in [2.45, 2.75) is 72.3 Å². The summed E-state index contributed by atoms with van der Waals surface area (Å²) in [6.07, 6.45) is 6.57. The van der Waals surface area contributed by atoms with Crippen LogP contribution in [0.2, 0.25) is 0 Å². The number of nitrogens with one attached hydrogen (secondary N) is 1. The summed E-state index contributed by atoms with van der Waals surface area (Å²) >= 11 is 0. The minimum absolute atomic E-state index is 0.406. The van der Waals surface area contributed by atoms with Gasteiger partial charge in [-0.2, -0.15) is 0 Å². The molecule has 0 heterocycles. The molecule has 1 aliphatic carbocycles. The Morgan fingerprint density at radius 1 is 1.24 bits per heavy atom. The Labute approximate surface area is 132 Å². The van der Waals surface area contributed by atoms with Gasteiger partial charge in [0.25, 0.3) is 0 Å². The lowest BCUT2D eigenvalue weighted by Gasteiger charge is -2.44. The summed E-state index contributed by atoms with van der Waals surface area (Å²) < 4.78 is 0. The molecule has 1 aliphatic rings. The van der Waals surface area contributed by atoms with Crippen LogP contribution in [0.4, 0.5) is 0 Å². The largest absolute Gasteiger partial charge is 0.389 e. The van der Waals surface area contributed by atoms with Gasteiger partial charge >= 0.3 is 0 Å². The van der Waals surface area contributed by atoms with Gasteiger partial charge < -0.3 is 15.3 Å². The molecule has 0 bridgehead atoms. The highest BCUT2D eigenvalue weighted by Gasteiger charge is 2.36. The van der Waals surface area contributed by atoms with E-state index in [1.807, 2.05) is 13.8 Å². The quantitative estimate of drug-likeness (QED) is 0.641. The van der Waals surface area contributed by atoms with Crippen molar-refractivity contribution in [2.24, 2.45) is 11.3 Å². The fourth-order valence-electron chi connectivity index (χ4n) is 3.60. The van der Waals surface area contributed by atoms with Crippen LogP contribution in [0.5, 0.6) is 0 Å². The van der Waals surface area contributed by atoms with Crippen LogP contribution in [0, 0.1) is 11.3 Å². The van der Waals surface area contributed by atoms with Gasteiger partial charge in [0.2, 0.25) is 0 Å². The van der Waals surface area contributed by atoms with Gasteiger partial charge in [0.05, 0.1) is 5.60 Å². The first kappa shape index (κ1) is 18.9. The Bertz CT molecular complexity index is 277. The first-order valence-corrected chi connectivity index (χ1v) is 8.96. The predicted molar refractivity (Wildman–Crippen MR) is 91.6 cm³/mol. The minimum Gasteiger partial charge on any atom is -0.389 e. The first-order chi connectivity index (χ1) is 9.80. The lowest BCUT2D eigenvalue weighted by Crippen LogP contribution is -2.49. The van der Waals surface area contributed by atoms with Gasteiger partial charge in [0.15, 0.2) is 0 Å². The highest BCUT2D eigenvalue weighted by molar-refractivity contribution is 4.90. The third-order valence-corrected chi connectivity index (χ3v) is 4.88. The lowest BCUT2D eigenvalue weighted by atomic mass is 9.70. The van der Waals surface area contributed by atoms with Crippen LogP contribution in [0.15, 0.2) is 0 Å². The van der Waals surface area contributed by atoms with Gasteiger partial charge in [0.1, 0.15) is 0 Å². The number of aliphatic hydroxyl groups is 1. The number of nitrogens with zero attached hydrogens (tertiary/aromatic N) is 1. The molecule has 0 radical (unpaired) electrons. The van der Waals surface area contributed by atoms with E-state index in [4.69, 9.17) is 0 Å². The molecule has 0 saturated heterocycles. The molecule has 0 aromatic carbocycles. The lowest BCUT2D eigenvalue weighted by molar-refractivity contribution is 0.0114. The van der Waals surface area contributed by atoms with E-state index < -0.39 is 5.60 Å². The average Bonchev–Trinajstić information content (AvgIpc) is 2.40. The van der Waals surface area contributed by atoms with Crippen molar-refractivity contribution in [3.63, 3.8) is 0 Å². The zero-order valence-corrected chi connectivity index (χ0v) is 15.0. The zero-order valence-electron chi connectivity index (χ0n) is 15.0. The Balaban J connectivity index is 2.66. The van der Waals surface area contributed by atoms with E-state index in [2.05, 4.69) is 31.0 Å². The number of hydrogen-bond acceptors (Lipinski definition) is 3.